The van der Waals surface area contributed by atoms with Crippen LogP contribution in [0.15, 0.2) is 35.9 Å². The molecule has 2 aliphatic carbocycles. The highest BCUT2D eigenvalue weighted by Crippen LogP contribution is 2.48. The maximum Gasteiger partial charge on any atom is 0.470 e. The van der Waals surface area contributed by atoms with E-state index in [9.17, 15) is 24.3 Å². The van der Waals surface area contributed by atoms with Crippen molar-refractivity contribution in [1.82, 2.24) is 0 Å². The van der Waals surface area contributed by atoms with Crippen LogP contribution < -0.4 is 4.74 Å². The Morgan fingerprint density at radius 3 is 2.49 bits per heavy atom. The number of benzene rings is 1. The lowest BCUT2D eigenvalue weighted by Crippen LogP contribution is -2.36. The highest BCUT2D eigenvalue weighted by molar-refractivity contribution is 7.46. The van der Waals surface area contributed by atoms with Gasteiger partial charge in [0.25, 0.3) is 0 Å². The number of phenols is 1. The molecule has 0 spiro atoms. The molecule has 0 aromatic heterocycles. The summed E-state index contributed by atoms with van der Waals surface area (Å²) < 4.78 is 22.7. The van der Waals surface area contributed by atoms with E-state index in [1.807, 2.05) is 6.92 Å². The predicted octanol–water partition coefficient (Wildman–Crippen LogP) is 7.10. The minimum absolute atomic E-state index is 0.0594. The van der Waals surface area contributed by atoms with E-state index in [0.29, 0.717) is 18.4 Å². The average Bonchev–Trinajstić information content (AvgIpc) is 2.82. The average molecular weight is 535 g/mol. The maximum absolute atomic E-state index is 13.5. The molecule has 0 aliphatic heterocycles. The highest BCUT2D eigenvalue weighted by Gasteiger charge is 2.38. The van der Waals surface area contributed by atoms with Crippen LogP contribution in [0.5, 0.6) is 11.5 Å². The molecule has 8 heteroatoms. The van der Waals surface area contributed by atoms with Gasteiger partial charge in [0, 0.05) is 11.5 Å². The van der Waals surface area contributed by atoms with E-state index < -0.39 is 19.9 Å². The molecular weight excluding hydrogens is 491 g/mol. The Labute approximate surface area is 221 Å². The highest BCUT2D eigenvalue weighted by atomic mass is 31.2. The molecule has 2 aliphatic rings. The summed E-state index contributed by atoms with van der Waals surface area (Å²) in [4.78, 5) is 32.6. The summed E-state index contributed by atoms with van der Waals surface area (Å²) in [5.74, 6) is -1.03. The summed E-state index contributed by atoms with van der Waals surface area (Å²) in [6.45, 7) is 10.3. The van der Waals surface area contributed by atoms with Crippen LogP contribution in [0.3, 0.4) is 0 Å². The zero-order valence-corrected chi connectivity index (χ0v) is 23.3. The van der Waals surface area contributed by atoms with Crippen molar-refractivity contribution < 1.29 is 33.5 Å². The molecule has 0 radical (unpaired) electrons. The number of ether oxygens (including phenoxy) is 1. The number of allylic oxidation sites excluding steroid dienone is 3. The number of phenolic OH excluding ortho intramolecular Hbond substituents is 1. The Hall–Kier alpha value is -1.92. The quantitative estimate of drug-likeness (QED) is 0.0912. The molecule has 3 N–H and O–H groups in total. The van der Waals surface area contributed by atoms with Crippen molar-refractivity contribution in [2.45, 2.75) is 103 Å². The summed E-state index contributed by atoms with van der Waals surface area (Å²) >= 11 is 0. The molecule has 206 valence electrons. The number of carbonyl (C=O) groups is 1. The van der Waals surface area contributed by atoms with E-state index in [2.05, 4.69) is 26.5 Å². The van der Waals surface area contributed by atoms with E-state index in [4.69, 9.17) is 9.26 Å². The summed E-state index contributed by atoms with van der Waals surface area (Å²) in [6, 6.07) is 3.55. The first-order valence-electron chi connectivity index (χ1n) is 13.6. The lowest BCUT2D eigenvalue weighted by molar-refractivity contribution is -0.146. The number of hydrogen-bond acceptors (Lipinski definition) is 5. The van der Waals surface area contributed by atoms with Gasteiger partial charge in [-0.05, 0) is 81.9 Å². The van der Waals surface area contributed by atoms with Gasteiger partial charge in [0.15, 0.2) is 6.10 Å². The van der Waals surface area contributed by atoms with E-state index in [1.165, 1.54) is 5.57 Å². The molecule has 1 unspecified atom stereocenters. The van der Waals surface area contributed by atoms with Crippen molar-refractivity contribution in [3.8, 4) is 11.5 Å². The van der Waals surface area contributed by atoms with Gasteiger partial charge in [0.05, 0.1) is 0 Å². The molecule has 0 bridgehead atoms. The first-order valence-corrected chi connectivity index (χ1v) is 15.2. The fourth-order valence-electron chi connectivity index (χ4n) is 5.79. The number of hydrogen-bond donors (Lipinski definition) is 3. The van der Waals surface area contributed by atoms with Gasteiger partial charge in [-0.1, -0.05) is 62.8 Å². The topological polar surface area (TPSA) is 113 Å². The third-order valence-electron chi connectivity index (χ3n) is 7.73. The Kier molecular flexibility index (Phi) is 10.6. The summed E-state index contributed by atoms with van der Waals surface area (Å²) in [5.41, 5.74) is 3.54. The number of carbonyl (C=O) groups excluding carboxylic acids is 1. The van der Waals surface area contributed by atoms with Crippen LogP contribution in [0.25, 0.3) is 0 Å². The molecule has 0 saturated heterocycles. The number of phosphoric ester groups is 1. The number of unbranched alkanes of at least 4 members (excludes halogenated alkanes) is 2. The minimum Gasteiger partial charge on any atom is -0.507 e. The number of esters is 1. The van der Waals surface area contributed by atoms with Crippen LogP contribution in [0.2, 0.25) is 0 Å². The lowest BCUT2D eigenvalue weighted by atomic mass is 9.73. The molecule has 3 rings (SSSR count). The number of aryl methyl sites for hydroxylation is 1. The zero-order chi connectivity index (χ0) is 27.2. The van der Waals surface area contributed by atoms with Crippen LogP contribution in [0.4, 0.5) is 0 Å². The third-order valence-corrected chi connectivity index (χ3v) is 8.24. The van der Waals surface area contributed by atoms with Crippen molar-refractivity contribution in [3.05, 3.63) is 47.1 Å². The standard InChI is InChI=1S/C29H43O7P/c1-5-6-8-11-21-17-25(30)27(24-16-20(4)14-15-23(24)19(2)3)26(18-21)35-29(31)28(36-37(32,33)34)22-12-9-7-10-13-22/h16-18,22-24,28,30H,2,5-15H2,1,3-4H3,(H2,32,33,34)/t23-,24+,28?/m0/s1. The number of rotatable bonds is 11. The smallest absolute Gasteiger partial charge is 0.470 e. The molecule has 1 fully saturated rings. The fourth-order valence-corrected chi connectivity index (χ4v) is 6.34. The molecule has 0 amide bonds. The van der Waals surface area contributed by atoms with Gasteiger partial charge in [-0.3, -0.25) is 4.52 Å². The Balaban J connectivity index is 2.03. The third kappa shape index (κ3) is 8.28. The number of aromatic hydroxyl groups is 1. The first kappa shape index (κ1) is 29.6. The number of phosphoric acid groups is 1. The summed E-state index contributed by atoms with van der Waals surface area (Å²) in [7, 11) is -4.93. The van der Waals surface area contributed by atoms with E-state index >= 15 is 0 Å². The zero-order valence-electron chi connectivity index (χ0n) is 22.4. The fraction of sp³-hybridized carbons (Fsp3) is 0.621. The normalized spacial score (nSPS) is 21.8. The largest absolute Gasteiger partial charge is 0.507 e. The van der Waals surface area contributed by atoms with Crippen molar-refractivity contribution in [2.75, 3.05) is 0 Å². The van der Waals surface area contributed by atoms with Gasteiger partial charge in [-0.15, -0.1) is 0 Å². The van der Waals surface area contributed by atoms with Crippen LogP contribution in [-0.2, 0) is 20.3 Å². The maximum atomic E-state index is 13.5. The second kappa shape index (κ2) is 13.2. The van der Waals surface area contributed by atoms with Gasteiger partial charge >= 0.3 is 13.8 Å². The van der Waals surface area contributed by atoms with Gasteiger partial charge < -0.3 is 19.6 Å². The second-order valence-corrected chi connectivity index (χ2v) is 12.0. The molecular formula is C29H43O7P. The van der Waals surface area contributed by atoms with E-state index in [-0.39, 0.29) is 29.3 Å². The molecule has 1 saturated carbocycles. The lowest BCUT2D eigenvalue weighted by Gasteiger charge is -2.33. The molecule has 1 aromatic rings. The molecule has 1 aromatic carbocycles. The van der Waals surface area contributed by atoms with Crippen LogP contribution in [0.1, 0.15) is 102 Å². The predicted molar refractivity (Wildman–Crippen MR) is 144 cm³/mol. The van der Waals surface area contributed by atoms with Crippen LogP contribution in [0, 0.1) is 11.8 Å². The van der Waals surface area contributed by atoms with Gasteiger partial charge in [-0.2, -0.15) is 0 Å². The van der Waals surface area contributed by atoms with E-state index in [1.54, 1.807) is 12.1 Å². The second-order valence-electron chi connectivity index (χ2n) is 10.8. The molecule has 37 heavy (non-hydrogen) atoms. The Bertz CT molecular complexity index is 1030. The molecule has 7 nitrogen and oxygen atoms in total. The Morgan fingerprint density at radius 1 is 1.16 bits per heavy atom. The van der Waals surface area contributed by atoms with Gasteiger partial charge in [-0.25, -0.2) is 9.36 Å². The van der Waals surface area contributed by atoms with Crippen molar-refractivity contribution in [1.29, 1.82) is 0 Å². The van der Waals surface area contributed by atoms with Crippen LogP contribution >= 0.6 is 7.82 Å². The van der Waals surface area contributed by atoms with Crippen molar-refractivity contribution in [2.24, 2.45) is 11.8 Å². The SMILES string of the molecule is C=C(C)[C@@H]1CCC(C)=C[C@H]1c1c(O)cc(CCCCC)cc1OC(=O)C(OP(=O)(O)O)C1CCCCC1. The first-order chi connectivity index (χ1) is 17.5. The molecule has 0 heterocycles. The van der Waals surface area contributed by atoms with Crippen molar-refractivity contribution >= 4 is 13.8 Å². The summed E-state index contributed by atoms with van der Waals surface area (Å²) in [6.07, 6.45) is 10.3. The van der Waals surface area contributed by atoms with Gasteiger partial charge in [0.2, 0.25) is 0 Å². The minimum atomic E-state index is -4.93. The van der Waals surface area contributed by atoms with Crippen LogP contribution in [-0.4, -0.2) is 27.0 Å². The Morgan fingerprint density at radius 2 is 1.86 bits per heavy atom. The molecule has 3 atom stereocenters. The monoisotopic (exact) mass is 534 g/mol. The van der Waals surface area contributed by atoms with Gasteiger partial charge in [0.1, 0.15) is 11.5 Å². The van der Waals surface area contributed by atoms with Crippen molar-refractivity contribution in [3.63, 3.8) is 0 Å². The summed E-state index contributed by atoms with van der Waals surface area (Å²) in [5, 5.41) is 11.2. The van der Waals surface area contributed by atoms with E-state index in [0.717, 1.165) is 68.9 Å².